The van der Waals surface area contributed by atoms with Crippen LogP contribution in [0.2, 0.25) is 0 Å². The second-order valence-corrected chi connectivity index (χ2v) is 5.42. The number of aromatic nitrogens is 1. The lowest BCUT2D eigenvalue weighted by molar-refractivity contribution is 0.375. The molecular formula is C15H25N3. The number of anilines is 1. The van der Waals surface area contributed by atoms with E-state index in [1.165, 1.54) is 30.5 Å². The Balaban J connectivity index is 2.15. The SMILES string of the molecule is CCCN(c1ccncc1C)C1CCC(N)CC1. The Bertz CT molecular complexity index is 370. The third kappa shape index (κ3) is 3.02. The molecule has 0 aliphatic heterocycles. The third-order valence-electron chi connectivity index (χ3n) is 3.95. The number of rotatable bonds is 4. The van der Waals surface area contributed by atoms with Crippen LogP contribution in [-0.4, -0.2) is 23.6 Å². The van der Waals surface area contributed by atoms with Gasteiger partial charge in [0.1, 0.15) is 0 Å². The van der Waals surface area contributed by atoms with Crippen LogP contribution in [0.5, 0.6) is 0 Å². The summed E-state index contributed by atoms with van der Waals surface area (Å²) < 4.78 is 0. The van der Waals surface area contributed by atoms with Crippen LogP contribution in [-0.2, 0) is 0 Å². The highest BCUT2D eigenvalue weighted by Gasteiger charge is 2.24. The first kappa shape index (κ1) is 13.3. The van der Waals surface area contributed by atoms with E-state index < -0.39 is 0 Å². The quantitative estimate of drug-likeness (QED) is 0.889. The summed E-state index contributed by atoms with van der Waals surface area (Å²) in [4.78, 5) is 6.77. The molecule has 3 heteroatoms. The van der Waals surface area contributed by atoms with Gasteiger partial charge in [0.25, 0.3) is 0 Å². The van der Waals surface area contributed by atoms with E-state index in [9.17, 15) is 0 Å². The zero-order valence-corrected chi connectivity index (χ0v) is 11.6. The number of hydrogen-bond donors (Lipinski definition) is 1. The molecule has 1 aliphatic carbocycles. The molecule has 0 radical (unpaired) electrons. The second-order valence-electron chi connectivity index (χ2n) is 5.42. The summed E-state index contributed by atoms with van der Waals surface area (Å²) in [5.74, 6) is 0. The van der Waals surface area contributed by atoms with E-state index >= 15 is 0 Å². The normalized spacial score (nSPS) is 23.9. The van der Waals surface area contributed by atoms with Crippen molar-refractivity contribution in [2.45, 2.75) is 58.0 Å². The minimum atomic E-state index is 0.420. The first-order chi connectivity index (χ1) is 8.72. The van der Waals surface area contributed by atoms with E-state index in [1.54, 1.807) is 0 Å². The Morgan fingerprint density at radius 2 is 2.06 bits per heavy atom. The van der Waals surface area contributed by atoms with Crippen molar-refractivity contribution in [2.24, 2.45) is 5.73 Å². The Morgan fingerprint density at radius 3 is 2.67 bits per heavy atom. The highest BCUT2D eigenvalue weighted by Crippen LogP contribution is 2.28. The molecular weight excluding hydrogens is 222 g/mol. The zero-order valence-electron chi connectivity index (χ0n) is 11.6. The van der Waals surface area contributed by atoms with Crippen LogP contribution in [0.25, 0.3) is 0 Å². The standard InChI is InChI=1S/C15H25N3/c1-3-10-18(14-6-4-13(16)5-7-14)15-8-9-17-11-12(15)2/h8-9,11,13-14H,3-7,10,16H2,1-2H3. The largest absolute Gasteiger partial charge is 0.368 e. The van der Waals surface area contributed by atoms with Crippen molar-refractivity contribution in [1.82, 2.24) is 4.98 Å². The molecule has 18 heavy (non-hydrogen) atoms. The first-order valence-electron chi connectivity index (χ1n) is 7.15. The maximum atomic E-state index is 6.01. The fourth-order valence-electron chi connectivity index (χ4n) is 2.94. The molecule has 0 spiro atoms. The molecule has 1 aromatic heterocycles. The van der Waals surface area contributed by atoms with Gasteiger partial charge >= 0.3 is 0 Å². The summed E-state index contributed by atoms with van der Waals surface area (Å²) in [6.45, 7) is 5.53. The zero-order chi connectivity index (χ0) is 13.0. The van der Waals surface area contributed by atoms with Crippen molar-refractivity contribution in [3.63, 3.8) is 0 Å². The molecule has 1 saturated carbocycles. The van der Waals surface area contributed by atoms with Crippen LogP contribution in [0.15, 0.2) is 18.5 Å². The molecule has 2 rings (SSSR count). The van der Waals surface area contributed by atoms with Gasteiger partial charge in [-0.15, -0.1) is 0 Å². The Morgan fingerprint density at radius 1 is 1.33 bits per heavy atom. The molecule has 100 valence electrons. The summed E-state index contributed by atoms with van der Waals surface area (Å²) in [6, 6.07) is 3.23. The summed E-state index contributed by atoms with van der Waals surface area (Å²) in [6.07, 6.45) is 9.83. The number of hydrogen-bond acceptors (Lipinski definition) is 3. The third-order valence-corrected chi connectivity index (χ3v) is 3.95. The Kier molecular flexibility index (Phi) is 4.59. The average molecular weight is 247 g/mol. The van der Waals surface area contributed by atoms with Crippen molar-refractivity contribution in [1.29, 1.82) is 0 Å². The van der Waals surface area contributed by atoms with E-state index in [1.807, 2.05) is 12.4 Å². The van der Waals surface area contributed by atoms with Crippen LogP contribution < -0.4 is 10.6 Å². The van der Waals surface area contributed by atoms with Crippen LogP contribution in [0, 0.1) is 6.92 Å². The predicted molar refractivity (Wildman–Crippen MR) is 76.8 cm³/mol. The van der Waals surface area contributed by atoms with Crippen molar-refractivity contribution in [2.75, 3.05) is 11.4 Å². The molecule has 0 amide bonds. The maximum absolute atomic E-state index is 6.01. The monoisotopic (exact) mass is 247 g/mol. The van der Waals surface area contributed by atoms with Crippen LogP contribution in [0.3, 0.4) is 0 Å². The lowest BCUT2D eigenvalue weighted by atomic mass is 9.90. The second kappa shape index (κ2) is 6.19. The maximum Gasteiger partial charge on any atom is 0.0429 e. The van der Waals surface area contributed by atoms with Gasteiger partial charge in [-0.3, -0.25) is 4.98 Å². The summed E-state index contributed by atoms with van der Waals surface area (Å²) in [7, 11) is 0. The number of nitrogens with two attached hydrogens (primary N) is 1. The van der Waals surface area contributed by atoms with Gasteiger partial charge in [0.15, 0.2) is 0 Å². The van der Waals surface area contributed by atoms with Crippen molar-refractivity contribution in [3.8, 4) is 0 Å². The number of nitrogens with zero attached hydrogens (tertiary/aromatic N) is 2. The molecule has 1 aromatic rings. The summed E-state index contributed by atoms with van der Waals surface area (Å²) >= 11 is 0. The minimum absolute atomic E-state index is 0.420. The predicted octanol–water partition coefficient (Wildman–Crippen LogP) is 2.88. The summed E-state index contributed by atoms with van der Waals surface area (Å²) in [5, 5.41) is 0. The molecule has 3 nitrogen and oxygen atoms in total. The van der Waals surface area contributed by atoms with Crippen LogP contribution in [0.1, 0.15) is 44.6 Å². The molecule has 1 aliphatic rings. The van der Waals surface area contributed by atoms with Crippen LogP contribution >= 0.6 is 0 Å². The van der Waals surface area contributed by atoms with Crippen molar-refractivity contribution >= 4 is 5.69 Å². The van der Waals surface area contributed by atoms with Gasteiger partial charge in [0.2, 0.25) is 0 Å². The lowest BCUT2D eigenvalue weighted by Crippen LogP contribution is -2.41. The van der Waals surface area contributed by atoms with E-state index in [0.717, 1.165) is 19.4 Å². The molecule has 1 fully saturated rings. The molecule has 1 heterocycles. The average Bonchev–Trinajstić information content (AvgIpc) is 2.38. The van der Waals surface area contributed by atoms with E-state index in [-0.39, 0.29) is 0 Å². The molecule has 0 unspecified atom stereocenters. The topological polar surface area (TPSA) is 42.2 Å². The highest BCUT2D eigenvalue weighted by molar-refractivity contribution is 5.52. The number of pyridine rings is 1. The minimum Gasteiger partial charge on any atom is -0.368 e. The molecule has 0 atom stereocenters. The van der Waals surface area contributed by atoms with Gasteiger partial charge in [-0.2, -0.15) is 0 Å². The number of aryl methyl sites for hydroxylation is 1. The van der Waals surface area contributed by atoms with Gasteiger partial charge in [-0.1, -0.05) is 6.92 Å². The highest BCUT2D eigenvalue weighted by atomic mass is 15.2. The molecule has 2 N–H and O–H groups in total. The molecule has 0 bridgehead atoms. The first-order valence-corrected chi connectivity index (χ1v) is 7.15. The van der Waals surface area contributed by atoms with Crippen LogP contribution in [0.4, 0.5) is 5.69 Å². The van der Waals surface area contributed by atoms with Gasteiger partial charge in [0.05, 0.1) is 0 Å². The van der Waals surface area contributed by atoms with E-state index in [0.29, 0.717) is 12.1 Å². The fraction of sp³-hybridized carbons (Fsp3) is 0.667. The lowest BCUT2D eigenvalue weighted by Gasteiger charge is -2.38. The fourth-order valence-corrected chi connectivity index (χ4v) is 2.94. The van der Waals surface area contributed by atoms with Gasteiger partial charge in [-0.25, -0.2) is 0 Å². The Hall–Kier alpha value is -1.09. The van der Waals surface area contributed by atoms with E-state index in [2.05, 4.69) is 29.8 Å². The Labute approximate surface area is 110 Å². The van der Waals surface area contributed by atoms with E-state index in [4.69, 9.17) is 5.73 Å². The smallest absolute Gasteiger partial charge is 0.0429 e. The summed E-state index contributed by atoms with van der Waals surface area (Å²) in [5.41, 5.74) is 8.64. The van der Waals surface area contributed by atoms with Crippen molar-refractivity contribution < 1.29 is 0 Å². The van der Waals surface area contributed by atoms with Gasteiger partial charge in [-0.05, 0) is 50.7 Å². The molecule has 0 aromatic carbocycles. The van der Waals surface area contributed by atoms with Gasteiger partial charge in [0, 0.05) is 36.7 Å². The van der Waals surface area contributed by atoms with Crippen molar-refractivity contribution in [3.05, 3.63) is 24.0 Å². The molecule has 0 saturated heterocycles. The van der Waals surface area contributed by atoms with Gasteiger partial charge < -0.3 is 10.6 Å².